The number of aryl methyl sites for hydroxylation is 1. The fourth-order valence-electron chi connectivity index (χ4n) is 4.80. The van der Waals surface area contributed by atoms with Crippen LogP contribution in [-0.2, 0) is 39.3 Å². The van der Waals surface area contributed by atoms with Gasteiger partial charge in [-0.15, -0.1) is 10.2 Å². The van der Waals surface area contributed by atoms with Crippen LogP contribution in [0.15, 0.2) is 60.0 Å². The molecular weight excluding hydrogens is 554 g/mol. The molecule has 0 spiro atoms. The number of aliphatic hydroxyl groups excluding tert-OH is 1. The molecule has 0 aliphatic carbocycles. The van der Waals surface area contributed by atoms with Crippen molar-refractivity contribution in [1.29, 1.82) is 0 Å². The summed E-state index contributed by atoms with van der Waals surface area (Å²) < 4.78 is 14.9. The van der Waals surface area contributed by atoms with Crippen molar-refractivity contribution < 1.29 is 24.2 Å². The molecule has 0 saturated carbocycles. The van der Waals surface area contributed by atoms with Crippen LogP contribution < -0.4 is 10.6 Å². The van der Waals surface area contributed by atoms with Crippen LogP contribution in [0.3, 0.4) is 0 Å². The van der Waals surface area contributed by atoms with Crippen LogP contribution in [-0.4, -0.2) is 50.1 Å². The number of hydrogen-bond acceptors (Lipinski definition) is 8. The molecule has 0 bridgehead atoms. The summed E-state index contributed by atoms with van der Waals surface area (Å²) in [4.78, 5) is 23.2. The maximum Gasteiger partial charge on any atom is 0.220 e. The second-order valence-corrected chi connectivity index (χ2v) is 11.7. The highest BCUT2D eigenvalue weighted by atomic mass is 32.2. The van der Waals surface area contributed by atoms with E-state index in [1.807, 2.05) is 60.1 Å². The fraction of sp³-hybridized carbons (Fsp3) is 0.484. The number of hydrogen-bond donors (Lipinski definition) is 3. The summed E-state index contributed by atoms with van der Waals surface area (Å²) in [6, 6.07) is 15.8. The molecule has 10 nitrogen and oxygen atoms in total. The molecule has 2 amide bonds. The highest BCUT2D eigenvalue weighted by Crippen LogP contribution is 2.42. The van der Waals surface area contributed by atoms with E-state index in [-0.39, 0.29) is 36.5 Å². The first-order valence-corrected chi connectivity index (χ1v) is 15.4. The highest BCUT2D eigenvalue weighted by molar-refractivity contribution is 7.99. The van der Waals surface area contributed by atoms with E-state index in [9.17, 15) is 14.7 Å². The minimum absolute atomic E-state index is 0.00318. The number of amides is 2. The predicted octanol–water partition coefficient (Wildman–Crippen LogP) is 4.20. The number of benzene rings is 2. The normalized spacial score (nSPS) is 20.3. The number of nitrogens with one attached hydrogen (secondary N) is 2. The summed E-state index contributed by atoms with van der Waals surface area (Å²) in [5, 5.41) is 24.2. The third-order valence-corrected chi connectivity index (χ3v) is 8.49. The number of carbonyl (C=O) groups is 2. The zero-order valence-corrected chi connectivity index (χ0v) is 25.3. The summed E-state index contributed by atoms with van der Waals surface area (Å²) in [5.41, 5.74) is 3.79. The number of nitrogens with zero attached hydrogens (tertiary/aromatic N) is 3. The van der Waals surface area contributed by atoms with Crippen LogP contribution in [0, 0.1) is 5.92 Å². The van der Waals surface area contributed by atoms with Crippen molar-refractivity contribution in [2.75, 3.05) is 12.3 Å². The maximum absolute atomic E-state index is 12.3. The van der Waals surface area contributed by atoms with Gasteiger partial charge in [-0.25, -0.2) is 0 Å². The molecule has 1 aliphatic rings. The molecule has 0 radical (unpaired) electrons. The van der Waals surface area contributed by atoms with Gasteiger partial charge < -0.3 is 29.8 Å². The van der Waals surface area contributed by atoms with Gasteiger partial charge in [-0.2, -0.15) is 0 Å². The number of carbonyl (C=O) groups excluding carboxylic acids is 2. The quantitative estimate of drug-likeness (QED) is 0.187. The Kier molecular flexibility index (Phi) is 11.9. The summed E-state index contributed by atoms with van der Waals surface area (Å²) in [5.74, 6) is 0.753. The van der Waals surface area contributed by atoms with Crippen molar-refractivity contribution in [3.05, 3.63) is 77.1 Å². The van der Waals surface area contributed by atoms with Crippen molar-refractivity contribution in [3.8, 4) is 0 Å². The molecule has 3 N–H and O–H groups in total. The van der Waals surface area contributed by atoms with Crippen LogP contribution >= 0.6 is 11.8 Å². The monoisotopic (exact) mass is 595 g/mol. The lowest BCUT2D eigenvalue weighted by molar-refractivity contribution is -0.268. The lowest BCUT2D eigenvalue weighted by Gasteiger charge is -2.41. The van der Waals surface area contributed by atoms with E-state index in [0.717, 1.165) is 46.7 Å². The molecule has 1 saturated heterocycles. The van der Waals surface area contributed by atoms with Crippen LogP contribution in [0.4, 0.5) is 0 Å². The summed E-state index contributed by atoms with van der Waals surface area (Å²) in [6.07, 6.45) is 3.85. The van der Waals surface area contributed by atoms with Crippen LogP contribution in [0.1, 0.15) is 74.2 Å². The number of aliphatic hydroxyl groups is 1. The summed E-state index contributed by atoms with van der Waals surface area (Å²) >= 11 is 1.61. The Morgan fingerprint density at radius 1 is 0.976 bits per heavy atom. The molecule has 1 aromatic heterocycles. The van der Waals surface area contributed by atoms with E-state index >= 15 is 0 Å². The topological polar surface area (TPSA) is 128 Å². The van der Waals surface area contributed by atoms with Crippen molar-refractivity contribution in [1.82, 2.24) is 25.4 Å². The molecule has 42 heavy (non-hydrogen) atoms. The third-order valence-electron chi connectivity index (χ3n) is 7.37. The number of aromatic nitrogens is 3. The standard InChI is InChI=1S/C31H41N5O5S/c1-21-27(19-42-31-35-34-20-36(31)3)40-30(41-29(21)25-12-10-24(18-37)11-13-25)26-14-8-23(9-15-26)17-33-28(39)7-5-4-6-16-32-22(2)38/h8-15,20-21,27,29-30,37H,4-7,16-19H2,1-3H3,(H,32,38)(H,33,39)/t21-,27+,29+,30+/m0/s1. The molecule has 4 atom stereocenters. The maximum atomic E-state index is 12.3. The van der Waals surface area contributed by atoms with E-state index in [1.54, 1.807) is 18.1 Å². The second-order valence-electron chi connectivity index (χ2n) is 10.7. The fourth-order valence-corrected chi connectivity index (χ4v) is 5.85. The van der Waals surface area contributed by atoms with Gasteiger partial charge in [-0.3, -0.25) is 9.59 Å². The Morgan fingerprint density at radius 3 is 2.36 bits per heavy atom. The van der Waals surface area contributed by atoms with Crippen molar-refractivity contribution in [3.63, 3.8) is 0 Å². The molecular formula is C31H41N5O5S. The smallest absolute Gasteiger partial charge is 0.220 e. The SMILES string of the molecule is CC(=O)NCCCCCC(=O)NCc1ccc([C@@H]2O[C@H](CSc3nncn3C)[C@H](C)[C@H](c3ccc(CO)cc3)O2)cc1. The van der Waals surface area contributed by atoms with Crippen LogP contribution in [0.5, 0.6) is 0 Å². The van der Waals surface area contributed by atoms with Crippen LogP contribution in [0.2, 0.25) is 0 Å². The molecule has 4 rings (SSSR count). The number of thioether (sulfide) groups is 1. The lowest BCUT2D eigenvalue weighted by atomic mass is 9.91. The van der Waals surface area contributed by atoms with Gasteiger partial charge in [0.15, 0.2) is 11.4 Å². The van der Waals surface area contributed by atoms with Gasteiger partial charge in [0.25, 0.3) is 0 Å². The minimum Gasteiger partial charge on any atom is -0.392 e. The molecule has 226 valence electrons. The molecule has 0 unspecified atom stereocenters. The third kappa shape index (κ3) is 9.12. The zero-order valence-electron chi connectivity index (χ0n) is 24.5. The minimum atomic E-state index is -0.560. The van der Waals surface area contributed by atoms with Gasteiger partial charge in [0.2, 0.25) is 11.8 Å². The number of unbranched alkanes of at least 4 members (excludes halogenated alkanes) is 2. The van der Waals surface area contributed by atoms with Crippen molar-refractivity contribution in [2.45, 2.75) is 76.3 Å². The Labute approximate surface area is 251 Å². The summed E-state index contributed by atoms with van der Waals surface area (Å²) in [7, 11) is 1.92. The van der Waals surface area contributed by atoms with E-state index < -0.39 is 6.29 Å². The molecule has 11 heteroatoms. The van der Waals surface area contributed by atoms with Gasteiger partial charge >= 0.3 is 0 Å². The molecule has 2 aromatic carbocycles. The van der Waals surface area contributed by atoms with Gasteiger partial charge in [-0.05, 0) is 29.5 Å². The molecule has 3 aromatic rings. The van der Waals surface area contributed by atoms with E-state index in [2.05, 4.69) is 27.8 Å². The average Bonchev–Trinajstić information content (AvgIpc) is 3.41. The first-order chi connectivity index (χ1) is 20.3. The van der Waals surface area contributed by atoms with Gasteiger partial charge in [0.05, 0.1) is 18.8 Å². The zero-order chi connectivity index (χ0) is 29.9. The molecule has 1 aliphatic heterocycles. The Balaban J connectivity index is 1.36. The lowest BCUT2D eigenvalue weighted by Crippen LogP contribution is -2.38. The van der Waals surface area contributed by atoms with Crippen molar-refractivity contribution >= 4 is 23.6 Å². The highest BCUT2D eigenvalue weighted by Gasteiger charge is 2.38. The predicted molar refractivity (Wildman–Crippen MR) is 160 cm³/mol. The largest absolute Gasteiger partial charge is 0.392 e. The second kappa shape index (κ2) is 15.8. The molecule has 2 heterocycles. The van der Waals surface area contributed by atoms with Crippen molar-refractivity contribution in [2.24, 2.45) is 13.0 Å². The van der Waals surface area contributed by atoms with E-state index in [1.165, 1.54) is 6.92 Å². The number of ether oxygens (including phenoxy) is 2. The van der Waals surface area contributed by atoms with Gasteiger partial charge in [0.1, 0.15) is 6.33 Å². The molecule has 1 fully saturated rings. The first kappa shape index (κ1) is 31.7. The van der Waals surface area contributed by atoms with Gasteiger partial charge in [0, 0.05) is 50.7 Å². The van der Waals surface area contributed by atoms with Crippen LogP contribution in [0.25, 0.3) is 0 Å². The Hall–Kier alpha value is -3.25. The van der Waals surface area contributed by atoms with E-state index in [0.29, 0.717) is 25.3 Å². The first-order valence-electron chi connectivity index (χ1n) is 14.4. The van der Waals surface area contributed by atoms with Gasteiger partial charge in [-0.1, -0.05) is 73.6 Å². The van der Waals surface area contributed by atoms with E-state index in [4.69, 9.17) is 9.47 Å². The summed E-state index contributed by atoms with van der Waals surface area (Å²) in [6.45, 7) is 4.74. The average molecular weight is 596 g/mol. The Morgan fingerprint density at radius 2 is 1.69 bits per heavy atom. The Bertz CT molecular complexity index is 1280. The number of rotatable bonds is 14.